The Labute approximate surface area is 149 Å². The number of aliphatic carboxylic acids is 1. The topological polar surface area (TPSA) is 70.7 Å². The molecule has 0 saturated carbocycles. The van der Waals surface area contributed by atoms with Crippen molar-refractivity contribution in [1.82, 2.24) is 14.6 Å². The Bertz CT molecular complexity index is 998. The zero-order valence-electron chi connectivity index (χ0n) is 13.9. The summed E-state index contributed by atoms with van der Waals surface area (Å²) < 4.78 is 15.2. The molecule has 1 atom stereocenters. The van der Waals surface area contributed by atoms with E-state index < -0.39 is 5.97 Å². The maximum Gasteiger partial charge on any atom is 0.328 e. The number of rotatable bonds is 4. The Balaban J connectivity index is 1.71. The summed E-state index contributed by atoms with van der Waals surface area (Å²) in [6, 6.07) is 8.62. The number of hydrogen-bond acceptors (Lipinski definition) is 4. The van der Waals surface area contributed by atoms with E-state index in [9.17, 15) is 9.18 Å². The average molecular weight is 352 g/mol. The van der Waals surface area contributed by atoms with Crippen LogP contribution in [-0.4, -0.2) is 32.2 Å². The summed E-state index contributed by atoms with van der Waals surface area (Å²) >= 11 is 0. The van der Waals surface area contributed by atoms with Gasteiger partial charge in [-0.3, -0.25) is 0 Å². The minimum absolute atomic E-state index is 0.0709. The predicted octanol–water partition coefficient (Wildman–Crippen LogP) is 3.31. The highest BCUT2D eigenvalue weighted by Gasteiger charge is 2.27. The first kappa shape index (κ1) is 16.3. The quantitative estimate of drug-likeness (QED) is 0.730. The third-order valence-corrected chi connectivity index (χ3v) is 4.57. The van der Waals surface area contributed by atoms with Gasteiger partial charge in [0.05, 0.1) is 12.2 Å². The van der Waals surface area contributed by atoms with Crippen molar-refractivity contribution >= 4 is 23.5 Å². The van der Waals surface area contributed by atoms with E-state index >= 15 is 0 Å². The predicted molar refractivity (Wildman–Crippen MR) is 95.4 cm³/mol. The van der Waals surface area contributed by atoms with Gasteiger partial charge in [0, 0.05) is 24.4 Å². The number of benzene rings is 1. The summed E-state index contributed by atoms with van der Waals surface area (Å²) in [6.07, 6.45) is 7.86. The summed E-state index contributed by atoms with van der Waals surface area (Å²) in [7, 11) is 0. The van der Waals surface area contributed by atoms with Gasteiger partial charge in [0.25, 0.3) is 0 Å². The molecule has 26 heavy (non-hydrogen) atoms. The molecule has 3 heterocycles. The molecule has 1 N–H and O–H groups in total. The highest BCUT2D eigenvalue weighted by atomic mass is 19.1. The van der Waals surface area contributed by atoms with E-state index in [0.717, 1.165) is 36.8 Å². The van der Waals surface area contributed by atoms with Crippen molar-refractivity contribution in [2.45, 2.75) is 18.9 Å². The van der Waals surface area contributed by atoms with Crippen LogP contribution in [0, 0.1) is 5.82 Å². The second-order valence-corrected chi connectivity index (χ2v) is 6.23. The van der Waals surface area contributed by atoms with Gasteiger partial charge in [-0.2, -0.15) is 5.10 Å². The van der Waals surface area contributed by atoms with Gasteiger partial charge in [-0.15, -0.1) is 0 Å². The second kappa shape index (κ2) is 6.59. The maximum atomic E-state index is 13.6. The Morgan fingerprint density at radius 2 is 2.23 bits per heavy atom. The Morgan fingerprint density at radius 1 is 1.35 bits per heavy atom. The monoisotopic (exact) mass is 352 g/mol. The molecule has 0 amide bonds. The molecule has 1 unspecified atom stereocenters. The number of carboxylic acid groups (broad SMARTS) is 1. The molecule has 1 saturated heterocycles. The molecule has 0 radical (unpaired) electrons. The first-order valence-corrected chi connectivity index (χ1v) is 8.39. The first-order valence-electron chi connectivity index (χ1n) is 8.39. The number of fused-ring (bicyclic) bond motifs is 1. The number of nitrogens with zero attached hydrogens (tertiary/aromatic N) is 4. The summed E-state index contributed by atoms with van der Waals surface area (Å²) in [4.78, 5) is 17.6. The van der Waals surface area contributed by atoms with Crippen molar-refractivity contribution in [2.24, 2.45) is 0 Å². The molecular formula is C19H17FN4O2. The molecule has 3 aromatic rings. The minimum atomic E-state index is -1.02. The minimum Gasteiger partial charge on any atom is -0.478 e. The molecule has 2 aromatic heterocycles. The fourth-order valence-electron chi connectivity index (χ4n) is 3.42. The number of carboxylic acids is 1. The zero-order valence-corrected chi connectivity index (χ0v) is 13.9. The molecule has 1 fully saturated rings. The van der Waals surface area contributed by atoms with Crippen LogP contribution < -0.4 is 4.90 Å². The lowest BCUT2D eigenvalue weighted by Crippen LogP contribution is -2.23. The largest absolute Gasteiger partial charge is 0.478 e. The molecular weight excluding hydrogens is 335 g/mol. The van der Waals surface area contributed by atoms with E-state index in [1.807, 2.05) is 12.1 Å². The van der Waals surface area contributed by atoms with Crippen molar-refractivity contribution in [3.63, 3.8) is 0 Å². The van der Waals surface area contributed by atoms with E-state index in [1.165, 1.54) is 12.1 Å². The summed E-state index contributed by atoms with van der Waals surface area (Å²) in [5.41, 5.74) is 2.16. The van der Waals surface area contributed by atoms with Crippen LogP contribution in [0.1, 0.15) is 30.0 Å². The van der Waals surface area contributed by atoms with Gasteiger partial charge in [0.1, 0.15) is 11.6 Å². The SMILES string of the molecule is O=C(O)/C=C/c1cnn2ccc(N3CCCC3c3cccc(F)c3)nc12. The molecule has 1 aromatic carbocycles. The lowest BCUT2D eigenvalue weighted by molar-refractivity contribution is -0.131. The number of halogens is 1. The zero-order chi connectivity index (χ0) is 18.1. The van der Waals surface area contributed by atoms with Crippen molar-refractivity contribution in [1.29, 1.82) is 0 Å². The molecule has 1 aliphatic heterocycles. The second-order valence-electron chi connectivity index (χ2n) is 6.23. The van der Waals surface area contributed by atoms with Gasteiger partial charge in [0.15, 0.2) is 5.65 Å². The smallest absolute Gasteiger partial charge is 0.328 e. The number of hydrogen-bond donors (Lipinski definition) is 1. The van der Waals surface area contributed by atoms with Gasteiger partial charge >= 0.3 is 5.97 Å². The molecule has 132 valence electrons. The summed E-state index contributed by atoms with van der Waals surface area (Å²) in [5.74, 6) is -0.490. The standard InChI is InChI=1S/C19H17FN4O2/c20-15-4-1-3-13(11-15)16-5-2-9-23(16)17-8-10-24-19(22-17)14(12-21-24)6-7-18(25)26/h1,3-4,6-8,10-12,16H,2,5,9H2,(H,25,26)/b7-6+. The van der Waals surface area contributed by atoms with E-state index in [4.69, 9.17) is 5.11 Å². The fraction of sp³-hybridized carbons (Fsp3) is 0.211. The van der Waals surface area contributed by atoms with Gasteiger partial charge in [-0.05, 0) is 42.7 Å². The van der Waals surface area contributed by atoms with Crippen LogP contribution in [0.15, 0.2) is 48.8 Å². The van der Waals surface area contributed by atoms with Crippen LogP contribution in [0.4, 0.5) is 10.2 Å². The Hall–Kier alpha value is -3.22. The van der Waals surface area contributed by atoms with Crippen LogP contribution in [0.2, 0.25) is 0 Å². The lowest BCUT2D eigenvalue weighted by atomic mass is 10.0. The molecule has 0 bridgehead atoms. The van der Waals surface area contributed by atoms with E-state index in [-0.39, 0.29) is 11.9 Å². The molecule has 0 aliphatic carbocycles. The van der Waals surface area contributed by atoms with Crippen molar-refractivity contribution in [2.75, 3.05) is 11.4 Å². The summed E-state index contributed by atoms with van der Waals surface area (Å²) in [5, 5.41) is 13.0. The van der Waals surface area contributed by atoms with E-state index in [2.05, 4.69) is 15.0 Å². The van der Waals surface area contributed by atoms with Crippen LogP contribution in [-0.2, 0) is 4.79 Å². The van der Waals surface area contributed by atoms with Crippen molar-refractivity contribution in [3.8, 4) is 0 Å². The van der Waals surface area contributed by atoms with Crippen molar-refractivity contribution in [3.05, 3.63) is 65.7 Å². The average Bonchev–Trinajstić information content (AvgIpc) is 3.26. The Morgan fingerprint density at radius 3 is 3.04 bits per heavy atom. The molecule has 7 heteroatoms. The molecule has 1 aliphatic rings. The maximum absolute atomic E-state index is 13.6. The lowest BCUT2D eigenvalue weighted by Gasteiger charge is -2.26. The van der Waals surface area contributed by atoms with E-state index in [1.54, 1.807) is 29.0 Å². The van der Waals surface area contributed by atoms with Gasteiger partial charge in [-0.25, -0.2) is 18.7 Å². The first-order chi connectivity index (χ1) is 12.6. The third kappa shape index (κ3) is 3.03. The Kier molecular flexibility index (Phi) is 4.12. The van der Waals surface area contributed by atoms with Crippen LogP contribution in [0.5, 0.6) is 0 Å². The van der Waals surface area contributed by atoms with E-state index in [0.29, 0.717) is 11.2 Å². The van der Waals surface area contributed by atoms with Gasteiger partial charge < -0.3 is 10.0 Å². The summed E-state index contributed by atoms with van der Waals surface area (Å²) in [6.45, 7) is 0.832. The molecule has 6 nitrogen and oxygen atoms in total. The highest BCUT2D eigenvalue weighted by Crippen LogP contribution is 2.35. The molecule has 0 spiro atoms. The van der Waals surface area contributed by atoms with Crippen molar-refractivity contribution < 1.29 is 14.3 Å². The van der Waals surface area contributed by atoms with Gasteiger partial charge in [-0.1, -0.05) is 12.1 Å². The van der Waals surface area contributed by atoms with Crippen LogP contribution in [0.3, 0.4) is 0 Å². The normalized spacial score (nSPS) is 17.4. The number of aromatic nitrogens is 3. The van der Waals surface area contributed by atoms with Gasteiger partial charge in [0.2, 0.25) is 0 Å². The third-order valence-electron chi connectivity index (χ3n) is 4.57. The highest BCUT2D eigenvalue weighted by molar-refractivity contribution is 5.86. The molecule has 4 rings (SSSR count). The van der Waals surface area contributed by atoms with Crippen LogP contribution >= 0.6 is 0 Å². The number of carbonyl (C=O) groups is 1. The number of anilines is 1. The fourth-order valence-corrected chi connectivity index (χ4v) is 3.42. The van der Waals surface area contributed by atoms with Crippen LogP contribution in [0.25, 0.3) is 11.7 Å².